The van der Waals surface area contributed by atoms with Gasteiger partial charge in [-0.15, -0.1) is 11.3 Å². The zero-order chi connectivity index (χ0) is 18.1. The average Bonchev–Trinajstić information content (AvgIpc) is 2.91. The van der Waals surface area contributed by atoms with Crippen molar-refractivity contribution in [2.45, 2.75) is 51.1 Å². The number of thiazole rings is 1. The maximum absolute atomic E-state index is 10.1. The average molecular weight is 372 g/mol. The Kier molecular flexibility index (Phi) is 5.30. The topological polar surface area (TPSA) is 48.4 Å². The lowest BCUT2D eigenvalue weighted by Crippen LogP contribution is -2.67. The minimum Gasteiger partial charge on any atom is -0.394 e. The lowest BCUT2D eigenvalue weighted by Gasteiger charge is -2.55. The minimum atomic E-state index is 0.109. The molecule has 26 heavy (non-hydrogen) atoms. The molecule has 0 bridgehead atoms. The zero-order valence-electron chi connectivity index (χ0n) is 15.7. The Morgan fingerprint density at radius 3 is 2.50 bits per heavy atom. The number of nitrogens with zero attached hydrogens (tertiary/aromatic N) is 2. The van der Waals surface area contributed by atoms with Crippen LogP contribution in [0.1, 0.15) is 41.3 Å². The molecule has 1 aliphatic carbocycles. The summed E-state index contributed by atoms with van der Waals surface area (Å²) in [6.45, 7) is 6.43. The Bertz CT molecular complexity index is 709. The van der Waals surface area contributed by atoms with Crippen molar-refractivity contribution in [3.8, 4) is 0 Å². The monoisotopic (exact) mass is 371 g/mol. The second kappa shape index (κ2) is 7.67. The predicted octanol–water partition coefficient (Wildman–Crippen LogP) is 3.48. The van der Waals surface area contributed by atoms with Crippen LogP contribution >= 0.6 is 11.3 Å². The molecule has 1 saturated heterocycles. The molecule has 0 unspecified atom stereocenters. The molecule has 1 saturated carbocycles. The maximum Gasteiger partial charge on any atom is 0.186 e. The molecule has 2 aromatic rings. The number of benzene rings is 1. The molecule has 3 atom stereocenters. The Labute approximate surface area is 160 Å². The number of rotatable bonds is 7. The number of aryl methyl sites for hydroxylation is 2. The van der Waals surface area contributed by atoms with Crippen molar-refractivity contribution in [1.29, 1.82) is 0 Å². The first kappa shape index (κ1) is 18.0. The molecule has 4 rings (SSSR count). The van der Waals surface area contributed by atoms with Gasteiger partial charge in [0, 0.05) is 17.3 Å². The van der Waals surface area contributed by atoms with Crippen LogP contribution < -0.4 is 10.2 Å². The van der Waals surface area contributed by atoms with Gasteiger partial charge in [-0.2, -0.15) is 0 Å². The fourth-order valence-electron chi connectivity index (χ4n) is 4.28. The van der Waals surface area contributed by atoms with E-state index in [4.69, 9.17) is 4.98 Å². The minimum absolute atomic E-state index is 0.109. The highest BCUT2D eigenvalue weighted by molar-refractivity contribution is 7.15. The van der Waals surface area contributed by atoms with Gasteiger partial charge in [0.2, 0.25) is 0 Å². The molecule has 2 fully saturated rings. The number of aliphatic hydroxyl groups is 1. The number of hydrogen-bond donors (Lipinski definition) is 2. The third-order valence-corrected chi connectivity index (χ3v) is 7.25. The Balaban J connectivity index is 1.55. The van der Waals surface area contributed by atoms with E-state index in [0.717, 1.165) is 29.8 Å². The van der Waals surface area contributed by atoms with Crippen molar-refractivity contribution in [3.05, 3.63) is 46.5 Å². The van der Waals surface area contributed by atoms with Gasteiger partial charge in [-0.05, 0) is 44.7 Å². The third-order valence-electron chi connectivity index (χ3n) is 6.16. The van der Waals surface area contributed by atoms with Crippen LogP contribution in [0.2, 0.25) is 0 Å². The fraction of sp³-hybridized carbons (Fsp3) is 0.571. The highest BCUT2D eigenvalue weighted by Crippen LogP contribution is 2.45. The van der Waals surface area contributed by atoms with Crippen LogP contribution in [0.5, 0.6) is 0 Å². The van der Waals surface area contributed by atoms with Crippen molar-refractivity contribution in [2.75, 3.05) is 24.6 Å². The molecule has 2 N–H and O–H groups in total. The van der Waals surface area contributed by atoms with Crippen molar-refractivity contribution in [1.82, 2.24) is 10.3 Å². The zero-order valence-corrected chi connectivity index (χ0v) is 16.5. The first-order chi connectivity index (χ1) is 12.7. The summed E-state index contributed by atoms with van der Waals surface area (Å²) >= 11 is 1.75. The van der Waals surface area contributed by atoms with Crippen LogP contribution in [-0.2, 0) is 0 Å². The molecule has 0 spiro atoms. The van der Waals surface area contributed by atoms with Gasteiger partial charge in [0.25, 0.3) is 0 Å². The molecule has 5 heteroatoms. The molecule has 0 amide bonds. The first-order valence-electron chi connectivity index (χ1n) is 9.78. The molecule has 0 radical (unpaired) electrons. The number of aromatic nitrogens is 1. The largest absolute Gasteiger partial charge is 0.394 e. The highest BCUT2D eigenvalue weighted by atomic mass is 32.1. The number of nitrogens with one attached hydrogen (secondary N) is 1. The van der Waals surface area contributed by atoms with Crippen LogP contribution in [0.3, 0.4) is 0 Å². The standard InChI is InChI=1S/C21H29N3OS/c1-14-15(2)26-21(23-14)24-18(12-22-11-16-7-6-8-16)20(19(24)13-25)17-9-4-3-5-10-17/h3-5,9-10,16,18-20,22,25H,6-8,11-13H2,1-2H3/t18-,19-,20-/m1/s1. The smallest absolute Gasteiger partial charge is 0.186 e. The highest BCUT2D eigenvalue weighted by Gasteiger charge is 2.49. The molecule has 1 aliphatic heterocycles. The quantitative estimate of drug-likeness (QED) is 0.782. The van der Waals surface area contributed by atoms with Crippen molar-refractivity contribution in [2.24, 2.45) is 5.92 Å². The lowest BCUT2D eigenvalue weighted by atomic mass is 9.75. The third kappa shape index (κ3) is 3.28. The molecule has 4 nitrogen and oxygen atoms in total. The SMILES string of the molecule is Cc1nc(N2[C@H](CO)[C@H](c3ccccc3)[C@H]2CNCC2CCC2)sc1C. The van der Waals surface area contributed by atoms with Gasteiger partial charge in [0.15, 0.2) is 5.13 Å². The second-order valence-electron chi connectivity index (χ2n) is 7.75. The summed E-state index contributed by atoms with van der Waals surface area (Å²) in [5.41, 5.74) is 2.43. The molecular formula is C21H29N3OS. The molecular weight excluding hydrogens is 342 g/mol. The van der Waals surface area contributed by atoms with Crippen molar-refractivity contribution in [3.63, 3.8) is 0 Å². The van der Waals surface area contributed by atoms with Gasteiger partial charge in [0.05, 0.1) is 24.4 Å². The van der Waals surface area contributed by atoms with Gasteiger partial charge in [-0.1, -0.05) is 36.8 Å². The van der Waals surface area contributed by atoms with Crippen LogP contribution in [0.15, 0.2) is 30.3 Å². The van der Waals surface area contributed by atoms with Crippen molar-refractivity contribution >= 4 is 16.5 Å². The van der Waals surface area contributed by atoms with E-state index in [0.29, 0.717) is 12.0 Å². The summed E-state index contributed by atoms with van der Waals surface area (Å²) in [6, 6.07) is 11.1. The normalized spacial score (nSPS) is 25.8. The van der Waals surface area contributed by atoms with E-state index < -0.39 is 0 Å². The second-order valence-corrected chi connectivity index (χ2v) is 8.94. The van der Waals surface area contributed by atoms with E-state index in [1.807, 2.05) is 0 Å². The van der Waals surface area contributed by atoms with E-state index in [9.17, 15) is 5.11 Å². The predicted molar refractivity (Wildman–Crippen MR) is 108 cm³/mol. The van der Waals surface area contributed by atoms with E-state index >= 15 is 0 Å². The number of hydrogen-bond acceptors (Lipinski definition) is 5. The van der Waals surface area contributed by atoms with Crippen LogP contribution in [0, 0.1) is 19.8 Å². The van der Waals surface area contributed by atoms with E-state index in [-0.39, 0.29) is 12.6 Å². The van der Waals surface area contributed by atoms with Crippen LogP contribution in [0.4, 0.5) is 5.13 Å². The summed E-state index contributed by atoms with van der Waals surface area (Å²) in [5, 5.41) is 14.9. The Morgan fingerprint density at radius 2 is 1.92 bits per heavy atom. The number of anilines is 1. The Hall–Kier alpha value is -1.43. The summed E-state index contributed by atoms with van der Waals surface area (Å²) in [7, 11) is 0. The molecule has 1 aromatic heterocycles. The maximum atomic E-state index is 10.1. The summed E-state index contributed by atoms with van der Waals surface area (Å²) in [4.78, 5) is 8.41. The summed E-state index contributed by atoms with van der Waals surface area (Å²) < 4.78 is 0. The van der Waals surface area contributed by atoms with Gasteiger partial charge < -0.3 is 15.3 Å². The fourth-order valence-corrected chi connectivity index (χ4v) is 5.30. The van der Waals surface area contributed by atoms with E-state index in [1.165, 1.54) is 29.7 Å². The number of aliphatic hydroxyl groups excluding tert-OH is 1. The van der Waals surface area contributed by atoms with Gasteiger partial charge in [-0.25, -0.2) is 4.98 Å². The van der Waals surface area contributed by atoms with E-state index in [2.05, 4.69) is 54.4 Å². The van der Waals surface area contributed by atoms with E-state index in [1.54, 1.807) is 11.3 Å². The lowest BCUT2D eigenvalue weighted by molar-refractivity contribution is 0.165. The molecule has 1 aromatic carbocycles. The van der Waals surface area contributed by atoms with Gasteiger partial charge >= 0.3 is 0 Å². The Morgan fingerprint density at radius 1 is 1.15 bits per heavy atom. The van der Waals surface area contributed by atoms with Crippen LogP contribution in [-0.4, -0.2) is 41.9 Å². The molecule has 140 valence electrons. The molecule has 2 heterocycles. The molecule has 2 aliphatic rings. The van der Waals surface area contributed by atoms with Crippen LogP contribution in [0.25, 0.3) is 0 Å². The summed E-state index contributed by atoms with van der Waals surface area (Å²) in [6.07, 6.45) is 4.13. The first-order valence-corrected chi connectivity index (χ1v) is 10.6. The summed E-state index contributed by atoms with van der Waals surface area (Å²) in [5.74, 6) is 1.20. The van der Waals surface area contributed by atoms with Gasteiger partial charge in [0.1, 0.15) is 0 Å². The van der Waals surface area contributed by atoms with Crippen molar-refractivity contribution < 1.29 is 5.11 Å². The van der Waals surface area contributed by atoms with Gasteiger partial charge in [-0.3, -0.25) is 0 Å².